The van der Waals surface area contributed by atoms with Gasteiger partial charge in [0.25, 0.3) is 0 Å². The SMILES string of the molecule is CC(C)C(N)CSc1ccc(Br)cc1. The molecule has 2 N–H and O–H groups in total. The van der Waals surface area contributed by atoms with Crippen molar-refractivity contribution in [1.29, 1.82) is 0 Å². The molecule has 1 atom stereocenters. The molecule has 14 heavy (non-hydrogen) atoms. The summed E-state index contributed by atoms with van der Waals surface area (Å²) in [6.07, 6.45) is 0. The van der Waals surface area contributed by atoms with Crippen molar-refractivity contribution in [3.8, 4) is 0 Å². The van der Waals surface area contributed by atoms with Crippen LogP contribution in [0.25, 0.3) is 0 Å². The van der Waals surface area contributed by atoms with Gasteiger partial charge in [0.1, 0.15) is 0 Å². The molecule has 0 radical (unpaired) electrons. The van der Waals surface area contributed by atoms with Gasteiger partial charge in [0.15, 0.2) is 0 Å². The molecule has 3 heteroatoms. The van der Waals surface area contributed by atoms with E-state index < -0.39 is 0 Å². The molecule has 0 saturated heterocycles. The van der Waals surface area contributed by atoms with Crippen LogP contribution in [0.4, 0.5) is 0 Å². The summed E-state index contributed by atoms with van der Waals surface area (Å²) in [5.41, 5.74) is 5.96. The van der Waals surface area contributed by atoms with Gasteiger partial charge >= 0.3 is 0 Å². The largest absolute Gasteiger partial charge is 0.327 e. The van der Waals surface area contributed by atoms with Crippen molar-refractivity contribution in [3.05, 3.63) is 28.7 Å². The number of thioether (sulfide) groups is 1. The van der Waals surface area contributed by atoms with Gasteiger partial charge in [-0.2, -0.15) is 0 Å². The molecule has 0 heterocycles. The predicted molar refractivity (Wildman–Crippen MR) is 67.7 cm³/mol. The van der Waals surface area contributed by atoms with E-state index in [1.807, 2.05) is 11.8 Å². The van der Waals surface area contributed by atoms with Crippen LogP contribution in [0, 0.1) is 5.92 Å². The van der Waals surface area contributed by atoms with Crippen LogP contribution in [-0.2, 0) is 0 Å². The molecule has 1 unspecified atom stereocenters. The first kappa shape index (κ1) is 12.1. The van der Waals surface area contributed by atoms with E-state index in [4.69, 9.17) is 5.73 Å². The molecule has 1 rings (SSSR count). The summed E-state index contributed by atoms with van der Waals surface area (Å²) < 4.78 is 1.12. The van der Waals surface area contributed by atoms with Gasteiger partial charge in [-0.25, -0.2) is 0 Å². The Morgan fingerprint density at radius 1 is 1.29 bits per heavy atom. The molecule has 0 aliphatic heterocycles. The van der Waals surface area contributed by atoms with Gasteiger partial charge in [-0.05, 0) is 30.2 Å². The van der Waals surface area contributed by atoms with E-state index in [1.165, 1.54) is 4.90 Å². The number of hydrogen-bond donors (Lipinski definition) is 1. The van der Waals surface area contributed by atoms with Crippen LogP contribution in [0.1, 0.15) is 13.8 Å². The minimum absolute atomic E-state index is 0.281. The highest BCUT2D eigenvalue weighted by Crippen LogP contribution is 2.22. The number of rotatable bonds is 4. The average molecular weight is 274 g/mol. The highest BCUT2D eigenvalue weighted by Gasteiger charge is 2.07. The van der Waals surface area contributed by atoms with Crippen LogP contribution in [0.15, 0.2) is 33.6 Å². The van der Waals surface area contributed by atoms with Gasteiger partial charge < -0.3 is 5.73 Å². The van der Waals surface area contributed by atoms with Gasteiger partial charge in [-0.1, -0.05) is 29.8 Å². The first-order valence-corrected chi connectivity index (χ1v) is 6.51. The van der Waals surface area contributed by atoms with E-state index in [0.29, 0.717) is 5.92 Å². The molecular weight excluding hydrogens is 258 g/mol. The third kappa shape index (κ3) is 4.03. The minimum Gasteiger partial charge on any atom is -0.327 e. The Morgan fingerprint density at radius 3 is 2.36 bits per heavy atom. The number of hydrogen-bond acceptors (Lipinski definition) is 2. The topological polar surface area (TPSA) is 26.0 Å². The monoisotopic (exact) mass is 273 g/mol. The third-order valence-corrected chi connectivity index (χ3v) is 3.80. The summed E-state index contributed by atoms with van der Waals surface area (Å²) in [5.74, 6) is 1.54. The van der Waals surface area contributed by atoms with E-state index >= 15 is 0 Å². The van der Waals surface area contributed by atoms with Crippen LogP contribution < -0.4 is 5.73 Å². The van der Waals surface area contributed by atoms with Crippen molar-refractivity contribution in [2.45, 2.75) is 24.8 Å². The maximum atomic E-state index is 5.96. The van der Waals surface area contributed by atoms with Crippen molar-refractivity contribution >= 4 is 27.7 Å². The van der Waals surface area contributed by atoms with Crippen molar-refractivity contribution < 1.29 is 0 Å². The molecule has 1 aromatic rings. The molecule has 1 aromatic carbocycles. The Labute approximate surface area is 98.6 Å². The van der Waals surface area contributed by atoms with Crippen LogP contribution >= 0.6 is 27.7 Å². The Kier molecular flexibility index (Phi) is 4.99. The highest BCUT2D eigenvalue weighted by molar-refractivity contribution is 9.10. The molecule has 0 aliphatic rings. The van der Waals surface area contributed by atoms with Gasteiger partial charge in [-0.3, -0.25) is 0 Å². The highest BCUT2D eigenvalue weighted by atomic mass is 79.9. The van der Waals surface area contributed by atoms with Crippen LogP contribution in [0.2, 0.25) is 0 Å². The predicted octanol–water partition coefficient (Wildman–Crippen LogP) is 3.52. The lowest BCUT2D eigenvalue weighted by atomic mass is 10.1. The summed E-state index contributed by atoms with van der Waals surface area (Å²) in [6, 6.07) is 8.62. The molecule has 78 valence electrons. The molecule has 0 amide bonds. The fourth-order valence-corrected chi connectivity index (χ4v) is 2.28. The summed E-state index contributed by atoms with van der Waals surface area (Å²) in [4.78, 5) is 1.28. The van der Waals surface area contributed by atoms with Crippen molar-refractivity contribution in [2.24, 2.45) is 11.7 Å². The molecule has 0 spiro atoms. The zero-order chi connectivity index (χ0) is 10.6. The van der Waals surface area contributed by atoms with Crippen LogP contribution in [0.3, 0.4) is 0 Å². The summed E-state index contributed by atoms with van der Waals surface area (Å²) in [5, 5.41) is 0. The van der Waals surface area contributed by atoms with Gasteiger partial charge in [-0.15, -0.1) is 11.8 Å². The maximum Gasteiger partial charge on any atom is 0.0176 e. The zero-order valence-corrected chi connectivity index (χ0v) is 10.9. The molecule has 0 aliphatic carbocycles. The Balaban J connectivity index is 2.42. The quantitative estimate of drug-likeness (QED) is 0.850. The first-order chi connectivity index (χ1) is 6.59. The molecule has 0 fully saturated rings. The van der Waals surface area contributed by atoms with Crippen molar-refractivity contribution in [3.63, 3.8) is 0 Å². The molecule has 0 bridgehead atoms. The van der Waals surface area contributed by atoms with E-state index in [1.54, 1.807) is 0 Å². The van der Waals surface area contributed by atoms with Crippen molar-refractivity contribution in [2.75, 3.05) is 5.75 Å². The fourth-order valence-electron chi connectivity index (χ4n) is 0.916. The van der Waals surface area contributed by atoms with Gasteiger partial charge in [0.2, 0.25) is 0 Å². The standard InChI is InChI=1S/C11H16BrNS/c1-8(2)11(13)7-14-10-5-3-9(12)4-6-10/h3-6,8,11H,7,13H2,1-2H3. The average Bonchev–Trinajstić information content (AvgIpc) is 2.16. The molecule has 0 saturated carbocycles. The van der Waals surface area contributed by atoms with Crippen molar-refractivity contribution in [1.82, 2.24) is 0 Å². The Bertz CT molecular complexity index is 271. The second-order valence-corrected chi connectivity index (χ2v) is 5.68. The number of benzene rings is 1. The summed E-state index contributed by atoms with van der Waals surface area (Å²) >= 11 is 5.23. The van der Waals surface area contributed by atoms with Crippen LogP contribution in [0.5, 0.6) is 0 Å². The summed E-state index contributed by atoms with van der Waals surface area (Å²) in [7, 11) is 0. The molecule has 0 aromatic heterocycles. The molecular formula is C11H16BrNS. The van der Waals surface area contributed by atoms with Gasteiger partial charge in [0.05, 0.1) is 0 Å². The van der Waals surface area contributed by atoms with E-state index in [2.05, 4.69) is 54.0 Å². The second kappa shape index (κ2) is 5.79. The zero-order valence-electron chi connectivity index (χ0n) is 8.53. The van der Waals surface area contributed by atoms with E-state index in [0.717, 1.165) is 10.2 Å². The lowest BCUT2D eigenvalue weighted by Gasteiger charge is -2.14. The second-order valence-electron chi connectivity index (χ2n) is 3.67. The van der Waals surface area contributed by atoms with Crippen LogP contribution in [-0.4, -0.2) is 11.8 Å². The molecule has 1 nitrogen and oxygen atoms in total. The number of nitrogens with two attached hydrogens (primary N) is 1. The normalized spacial score (nSPS) is 13.2. The lowest BCUT2D eigenvalue weighted by Crippen LogP contribution is -2.28. The van der Waals surface area contributed by atoms with E-state index in [-0.39, 0.29) is 6.04 Å². The summed E-state index contributed by atoms with van der Waals surface area (Å²) in [6.45, 7) is 4.32. The fraction of sp³-hybridized carbons (Fsp3) is 0.455. The maximum absolute atomic E-state index is 5.96. The minimum atomic E-state index is 0.281. The smallest absolute Gasteiger partial charge is 0.0176 e. The first-order valence-electron chi connectivity index (χ1n) is 4.73. The number of halogens is 1. The Morgan fingerprint density at radius 2 is 1.86 bits per heavy atom. The third-order valence-electron chi connectivity index (χ3n) is 2.11. The lowest BCUT2D eigenvalue weighted by molar-refractivity contribution is 0.535. The van der Waals surface area contributed by atoms with E-state index in [9.17, 15) is 0 Å². The van der Waals surface area contributed by atoms with Gasteiger partial charge in [0, 0.05) is 21.2 Å². The Hall–Kier alpha value is 0.01000.